The number of amides is 1. The van der Waals surface area contributed by atoms with Crippen LogP contribution in [0.25, 0.3) is 0 Å². The van der Waals surface area contributed by atoms with Gasteiger partial charge in [-0.2, -0.15) is 0 Å². The molecule has 0 aliphatic carbocycles. The van der Waals surface area contributed by atoms with Crippen LogP contribution in [-0.2, 0) is 26.1 Å². The summed E-state index contributed by atoms with van der Waals surface area (Å²) in [6.45, 7) is -0.0840. The number of carbonyl (C=O) groups excluding carboxylic acids is 2. The normalized spacial score (nSPS) is 10.9. The monoisotopic (exact) mass is 454 g/mol. The van der Waals surface area contributed by atoms with E-state index in [9.17, 15) is 18.0 Å². The van der Waals surface area contributed by atoms with Crippen LogP contribution in [0.5, 0.6) is 5.75 Å². The Morgan fingerprint density at radius 3 is 2.16 bits per heavy atom. The second kappa shape index (κ2) is 10.6. The first-order valence-corrected chi connectivity index (χ1v) is 11.1. The SMILES string of the molecule is COC(=O)c1ccc(NC(=O)COc2ccc(S(=O)(=O)NCc3ccccc3)cc2)cc1. The molecular formula is C23H22N2O6S. The smallest absolute Gasteiger partial charge is 0.337 e. The summed E-state index contributed by atoms with van der Waals surface area (Å²) in [6.07, 6.45) is 0. The molecular weight excluding hydrogens is 432 g/mol. The molecule has 32 heavy (non-hydrogen) atoms. The minimum Gasteiger partial charge on any atom is -0.484 e. The molecule has 0 fully saturated rings. The Labute approximate surface area is 186 Å². The van der Waals surface area contributed by atoms with Crippen molar-refractivity contribution >= 4 is 27.6 Å². The first-order chi connectivity index (χ1) is 15.4. The second-order valence-electron chi connectivity index (χ2n) is 6.69. The molecule has 0 radical (unpaired) electrons. The van der Waals surface area contributed by atoms with Crippen molar-refractivity contribution in [2.45, 2.75) is 11.4 Å². The van der Waals surface area contributed by atoms with Gasteiger partial charge in [0.2, 0.25) is 10.0 Å². The van der Waals surface area contributed by atoms with Crippen LogP contribution in [0.15, 0.2) is 83.8 Å². The van der Waals surface area contributed by atoms with E-state index in [1.807, 2.05) is 30.3 Å². The van der Waals surface area contributed by atoms with Crippen LogP contribution in [0.1, 0.15) is 15.9 Å². The quantitative estimate of drug-likeness (QED) is 0.481. The first kappa shape index (κ1) is 23.0. The summed E-state index contributed by atoms with van der Waals surface area (Å²) in [5.74, 6) is -0.521. The van der Waals surface area contributed by atoms with Crippen LogP contribution < -0.4 is 14.8 Å². The highest BCUT2D eigenvalue weighted by Crippen LogP contribution is 2.17. The molecule has 8 nitrogen and oxygen atoms in total. The van der Waals surface area contributed by atoms with E-state index >= 15 is 0 Å². The third-order valence-electron chi connectivity index (χ3n) is 4.40. The first-order valence-electron chi connectivity index (χ1n) is 9.62. The molecule has 1 amide bonds. The Bertz CT molecular complexity index is 1160. The second-order valence-corrected chi connectivity index (χ2v) is 8.45. The molecule has 166 valence electrons. The van der Waals surface area contributed by atoms with Gasteiger partial charge in [0.05, 0.1) is 17.6 Å². The molecule has 9 heteroatoms. The van der Waals surface area contributed by atoms with Crippen molar-refractivity contribution in [3.05, 3.63) is 90.0 Å². The minimum atomic E-state index is -3.68. The molecule has 0 aromatic heterocycles. The van der Waals surface area contributed by atoms with Crippen LogP contribution in [0.3, 0.4) is 0 Å². The summed E-state index contributed by atoms with van der Waals surface area (Å²) < 4.78 is 37.4. The van der Waals surface area contributed by atoms with Crippen molar-refractivity contribution < 1.29 is 27.5 Å². The van der Waals surface area contributed by atoms with Crippen molar-refractivity contribution in [1.82, 2.24) is 4.72 Å². The van der Waals surface area contributed by atoms with E-state index in [0.717, 1.165) is 5.56 Å². The highest BCUT2D eigenvalue weighted by atomic mass is 32.2. The van der Waals surface area contributed by atoms with Gasteiger partial charge in [-0.1, -0.05) is 30.3 Å². The van der Waals surface area contributed by atoms with E-state index in [-0.39, 0.29) is 18.0 Å². The zero-order valence-corrected chi connectivity index (χ0v) is 18.1. The standard InChI is InChI=1S/C23H22N2O6S/c1-30-23(27)18-7-9-19(10-8-18)25-22(26)16-31-20-11-13-21(14-12-20)32(28,29)24-15-17-5-3-2-4-6-17/h2-14,24H,15-16H2,1H3,(H,25,26). The molecule has 3 rings (SSSR count). The molecule has 2 N–H and O–H groups in total. The number of methoxy groups -OCH3 is 1. The fraction of sp³-hybridized carbons (Fsp3) is 0.130. The van der Waals surface area contributed by atoms with E-state index < -0.39 is 21.9 Å². The number of benzene rings is 3. The maximum absolute atomic E-state index is 12.4. The van der Waals surface area contributed by atoms with Crippen LogP contribution in [0.4, 0.5) is 5.69 Å². The molecule has 0 aliphatic rings. The van der Waals surface area contributed by atoms with Gasteiger partial charge in [0.15, 0.2) is 6.61 Å². The van der Waals surface area contributed by atoms with E-state index in [2.05, 4.69) is 14.8 Å². The summed E-state index contributed by atoms with van der Waals surface area (Å²) in [6, 6.07) is 21.2. The van der Waals surface area contributed by atoms with E-state index in [4.69, 9.17) is 4.74 Å². The summed E-state index contributed by atoms with van der Waals surface area (Å²) in [5.41, 5.74) is 1.72. The third-order valence-corrected chi connectivity index (χ3v) is 5.82. The number of hydrogen-bond donors (Lipinski definition) is 2. The van der Waals surface area contributed by atoms with Crippen LogP contribution in [0.2, 0.25) is 0 Å². The Kier molecular flexibility index (Phi) is 7.58. The molecule has 0 atom stereocenters. The van der Waals surface area contributed by atoms with Crippen molar-refractivity contribution in [3.8, 4) is 5.75 Å². The van der Waals surface area contributed by atoms with Crippen molar-refractivity contribution in [1.29, 1.82) is 0 Å². The Hall–Kier alpha value is -3.69. The molecule has 0 aliphatic heterocycles. The van der Waals surface area contributed by atoms with E-state index in [0.29, 0.717) is 17.0 Å². The highest BCUT2D eigenvalue weighted by molar-refractivity contribution is 7.89. The number of sulfonamides is 1. The zero-order valence-electron chi connectivity index (χ0n) is 17.3. The average molecular weight is 455 g/mol. The molecule has 0 unspecified atom stereocenters. The number of ether oxygens (including phenoxy) is 2. The van der Waals surface area contributed by atoms with Gasteiger partial charge in [0.1, 0.15) is 5.75 Å². The van der Waals surface area contributed by atoms with Crippen LogP contribution >= 0.6 is 0 Å². The largest absolute Gasteiger partial charge is 0.484 e. The Balaban J connectivity index is 1.50. The zero-order chi connectivity index (χ0) is 23.0. The average Bonchev–Trinajstić information content (AvgIpc) is 2.82. The molecule has 0 spiro atoms. The summed E-state index contributed by atoms with van der Waals surface area (Å²) in [5, 5.41) is 2.64. The molecule has 0 bridgehead atoms. The van der Waals surface area contributed by atoms with Gasteiger partial charge in [-0.05, 0) is 54.1 Å². The van der Waals surface area contributed by atoms with Gasteiger partial charge < -0.3 is 14.8 Å². The molecule has 0 heterocycles. The highest BCUT2D eigenvalue weighted by Gasteiger charge is 2.14. The lowest BCUT2D eigenvalue weighted by molar-refractivity contribution is -0.118. The van der Waals surface area contributed by atoms with E-state index in [1.54, 1.807) is 12.1 Å². The number of esters is 1. The third kappa shape index (κ3) is 6.40. The lowest BCUT2D eigenvalue weighted by Crippen LogP contribution is -2.23. The maximum Gasteiger partial charge on any atom is 0.337 e. The number of rotatable bonds is 9. The number of anilines is 1. The Morgan fingerprint density at radius 2 is 1.53 bits per heavy atom. The van der Waals surface area contributed by atoms with E-state index in [1.165, 1.54) is 43.5 Å². The lowest BCUT2D eigenvalue weighted by Gasteiger charge is -2.10. The van der Waals surface area contributed by atoms with Gasteiger partial charge in [0, 0.05) is 12.2 Å². The lowest BCUT2D eigenvalue weighted by atomic mass is 10.2. The Morgan fingerprint density at radius 1 is 0.875 bits per heavy atom. The number of hydrogen-bond acceptors (Lipinski definition) is 6. The summed E-state index contributed by atoms with van der Waals surface area (Å²) in [7, 11) is -2.39. The van der Waals surface area contributed by atoms with Gasteiger partial charge in [-0.15, -0.1) is 0 Å². The fourth-order valence-corrected chi connectivity index (χ4v) is 3.74. The maximum atomic E-state index is 12.4. The molecule has 3 aromatic rings. The summed E-state index contributed by atoms with van der Waals surface area (Å²) in [4.78, 5) is 23.6. The van der Waals surface area contributed by atoms with Crippen LogP contribution in [0, 0.1) is 0 Å². The number of nitrogens with one attached hydrogen (secondary N) is 2. The van der Waals surface area contributed by atoms with Gasteiger partial charge in [0.25, 0.3) is 5.91 Å². The molecule has 0 saturated heterocycles. The molecule has 0 saturated carbocycles. The minimum absolute atomic E-state index is 0.0935. The summed E-state index contributed by atoms with van der Waals surface area (Å²) >= 11 is 0. The number of carbonyl (C=O) groups is 2. The fourth-order valence-electron chi connectivity index (χ4n) is 2.73. The van der Waals surface area contributed by atoms with Crippen LogP contribution in [-0.4, -0.2) is 34.0 Å². The van der Waals surface area contributed by atoms with Crippen molar-refractivity contribution in [2.24, 2.45) is 0 Å². The van der Waals surface area contributed by atoms with Crippen molar-refractivity contribution in [2.75, 3.05) is 19.0 Å². The van der Waals surface area contributed by atoms with Crippen molar-refractivity contribution in [3.63, 3.8) is 0 Å². The predicted octanol–water partition coefficient (Wildman–Crippen LogP) is 2.97. The van der Waals surface area contributed by atoms with Gasteiger partial charge >= 0.3 is 5.97 Å². The van der Waals surface area contributed by atoms with Gasteiger partial charge in [-0.3, -0.25) is 4.79 Å². The predicted molar refractivity (Wildman–Crippen MR) is 119 cm³/mol. The van der Waals surface area contributed by atoms with Gasteiger partial charge in [-0.25, -0.2) is 17.9 Å². The molecule has 3 aromatic carbocycles. The topological polar surface area (TPSA) is 111 Å².